The van der Waals surface area contributed by atoms with Crippen LogP contribution >= 0.6 is 0 Å². The number of ether oxygens (including phenoxy) is 2. The second-order valence-corrected chi connectivity index (χ2v) is 14.3. The Kier molecular flexibility index (Phi) is 14.2. The molecule has 3 atom stereocenters. The van der Waals surface area contributed by atoms with Crippen LogP contribution in [0.15, 0.2) is 127 Å². The molecule has 2 amide bonds. The van der Waals surface area contributed by atoms with E-state index in [1.54, 1.807) is 12.1 Å². The minimum absolute atomic E-state index is 0.000367. The van der Waals surface area contributed by atoms with Crippen LogP contribution in [-0.4, -0.2) is 41.5 Å². The number of likely N-dealkylation sites (N-methyl/N-ethyl adjacent to an activating group) is 1. The van der Waals surface area contributed by atoms with Crippen LogP contribution in [0.4, 0.5) is 11.4 Å². The highest BCUT2D eigenvalue weighted by atomic mass is 16.7. The summed E-state index contributed by atoms with van der Waals surface area (Å²) in [5, 5.41) is 15.5. The first-order valence-electron chi connectivity index (χ1n) is 19.2. The van der Waals surface area contributed by atoms with Gasteiger partial charge in [-0.15, -0.1) is 0 Å². The van der Waals surface area contributed by atoms with Gasteiger partial charge in [-0.05, 0) is 77.5 Å². The maximum Gasteiger partial charge on any atom is 0.224 e. The van der Waals surface area contributed by atoms with E-state index in [1.165, 1.54) is 5.56 Å². The Labute approximate surface area is 324 Å². The van der Waals surface area contributed by atoms with Crippen molar-refractivity contribution >= 4 is 23.2 Å². The summed E-state index contributed by atoms with van der Waals surface area (Å²) in [5.74, 6) is -0.0857. The van der Waals surface area contributed by atoms with Crippen molar-refractivity contribution in [2.45, 2.75) is 76.7 Å². The summed E-state index contributed by atoms with van der Waals surface area (Å²) in [6.07, 6.45) is 2.90. The van der Waals surface area contributed by atoms with Gasteiger partial charge in [-0.25, -0.2) is 0 Å². The van der Waals surface area contributed by atoms with Crippen molar-refractivity contribution < 1.29 is 24.2 Å². The van der Waals surface area contributed by atoms with Crippen LogP contribution in [0.25, 0.3) is 11.1 Å². The summed E-state index contributed by atoms with van der Waals surface area (Å²) in [4.78, 5) is 27.2. The fourth-order valence-corrected chi connectivity index (χ4v) is 6.93. The molecule has 0 bridgehead atoms. The molecule has 1 heterocycles. The summed E-state index contributed by atoms with van der Waals surface area (Å²) >= 11 is 0. The monoisotopic (exact) mass is 740 g/mol. The molecule has 1 aliphatic rings. The Balaban J connectivity index is 1.03. The molecule has 0 aromatic heterocycles. The van der Waals surface area contributed by atoms with Gasteiger partial charge in [0.15, 0.2) is 6.29 Å². The number of benzene rings is 5. The molecule has 1 fully saturated rings. The Morgan fingerprint density at radius 2 is 1.42 bits per heavy atom. The van der Waals surface area contributed by atoms with Crippen molar-refractivity contribution in [3.8, 4) is 11.1 Å². The second kappa shape index (κ2) is 19.8. The minimum Gasteiger partial charge on any atom is -0.397 e. The molecule has 1 saturated heterocycles. The molecule has 0 spiro atoms. The molecule has 286 valence electrons. The van der Waals surface area contributed by atoms with Gasteiger partial charge in [0.2, 0.25) is 11.8 Å². The molecular weight excluding hydrogens is 689 g/mol. The second-order valence-electron chi connectivity index (χ2n) is 14.3. The van der Waals surface area contributed by atoms with Gasteiger partial charge < -0.3 is 30.9 Å². The lowest BCUT2D eigenvalue weighted by Crippen LogP contribution is -2.37. The number of amides is 2. The van der Waals surface area contributed by atoms with Gasteiger partial charge in [-0.3, -0.25) is 14.5 Å². The molecule has 5 aromatic rings. The Morgan fingerprint density at radius 1 is 0.727 bits per heavy atom. The Morgan fingerprint density at radius 3 is 2.18 bits per heavy atom. The van der Waals surface area contributed by atoms with Crippen molar-refractivity contribution in [3.05, 3.63) is 155 Å². The van der Waals surface area contributed by atoms with Gasteiger partial charge in [0.1, 0.15) is 0 Å². The van der Waals surface area contributed by atoms with Crippen LogP contribution < -0.4 is 16.4 Å². The molecule has 6 rings (SSSR count). The number of carbonyl (C=O) groups is 2. The first-order chi connectivity index (χ1) is 26.8. The molecule has 0 radical (unpaired) electrons. The summed E-state index contributed by atoms with van der Waals surface area (Å²) < 4.78 is 13.3. The first kappa shape index (κ1) is 39.4. The quantitative estimate of drug-likeness (QED) is 0.0558. The van der Waals surface area contributed by atoms with Crippen LogP contribution in [0.1, 0.15) is 78.7 Å². The average molecular weight is 741 g/mol. The maximum atomic E-state index is 12.7. The van der Waals surface area contributed by atoms with Crippen LogP contribution in [0.5, 0.6) is 0 Å². The molecule has 9 heteroatoms. The van der Waals surface area contributed by atoms with Gasteiger partial charge in [0.05, 0.1) is 30.2 Å². The molecule has 5 N–H and O–H groups in total. The van der Waals surface area contributed by atoms with Crippen LogP contribution in [-0.2, 0) is 38.8 Å². The number of nitrogens with one attached hydrogen (secondary N) is 2. The van der Waals surface area contributed by atoms with Crippen LogP contribution in [0, 0.1) is 0 Å². The number of nitrogens with zero attached hydrogens (tertiary/aromatic N) is 1. The number of aliphatic hydroxyl groups excluding tert-OH is 1. The molecule has 3 unspecified atom stereocenters. The number of rotatable bonds is 17. The fourth-order valence-electron chi connectivity index (χ4n) is 6.93. The lowest BCUT2D eigenvalue weighted by molar-refractivity contribution is -0.252. The fraction of sp³-hybridized carbons (Fsp3) is 0.304. The zero-order valence-corrected chi connectivity index (χ0v) is 31.5. The largest absolute Gasteiger partial charge is 0.397 e. The Hall–Kier alpha value is -5.32. The summed E-state index contributed by atoms with van der Waals surface area (Å²) in [5.41, 5.74) is 14.3. The van der Waals surface area contributed by atoms with E-state index in [1.807, 2.05) is 66.7 Å². The van der Waals surface area contributed by atoms with Gasteiger partial charge >= 0.3 is 0 Å². The Bertz CT molecular complexity index is 1990. The molecule has 5 aromatic carbocycles. The smallest absolute Gasteiger partial charge is 0.224 e. The highest BCUT2D eigenvalue weighted by Crippen LogP contribution is 2.39. The van der Waals surface area contributed by atoms with E-state index >= 15 is 0 Å². The number of hydrogen-bond acceptors (Lipinski definition) is 7. The summed E-state index contributed by atoms with van der Waals surface area (Å²) in [7, 11) is 2.12. The third kappa shape index (κ3) is 11.8. The van der Waals surface area contributed by atoms with Crippen molar-refractivity contribution in [2.75, 3.05) is 24.6 Å². The van der Waals surface area contributed by atoms with Crippen molar-refractivity contribution in [2.24, 2.45) is 0 Å². The maximum absolute atomic E-state index is 12.7. The lowest BCUT2D eigenvalue weighted by atomic mass is 9.98. The zero-order valence-electron chi connectivity index (χ0n) is 31.5. The first-order valence-corrected chi connectivity index (χ1v) is 19.2. The lowest BCUT2D eigenvalue weighted by Gasteiger charge is -2.38. The van der Waals surface area contributed by atoms with E-state index in [2.05, 4.69) is 71.1 Å². The predicted molar refractivity (Wildman–Crippen MR) is 217 cm³/mol. The van der Waals surface area contributed by atoms with Gasteiger partial charge in [-0.2, -0.15) is 0 Å². The highest BCUT2D eigenvalue weighted by Gasteiger charge is 2.33. The molecule has 55 heavy (non-hydrogen) atoms. The van der Waals surface area contributed by atoms with Crippen LogP contribution in [0.2, 0.25) is 0 Å². The number of para-hydroxylation sites is 2. The molecule has 1 aliphatic heterocycles. The molecule has 0 saturated carbocycles. The number of aliphatic hydroxyl groups is 1. The van der Waals surface area contributed by atoms with Crippen LogP contribution in [0.3, 0.4) is 0 Å². The average Bonchev–Trinajstić information content (AvgIpc) is 3.21. The summed E-state index contributed by atoms with van der Waals surface area (Å²) in [6, 6.07) is 42.1. The van der Waals surface area contributed by atoms with Crippen molar-refractivity contribution in [1.82, 2.24) is 10.2 Å². The van der Waals surface area contributed by atoms with Gasteiger partial charge in [0.25, 0.3) is 0 Å². The van der Waals surface area contributed by atoms with E-state index in [4.69, 9.17) is 15.2 Å². The van der Waals surface area contributed by atoms with E-state index in [0.29, 0.717) is 50.0 Å². The zero-order chi connectivity index (χ0) is 38.4. The molecular formula is C46H52N4O5. The van der Waals surface area contributed by atoms with E-state index in [-0.39, 0.29) is 30.6 Å². The topological polar surface area (TPSA) is 126 Å². The highest BCUT2D eigenvalue weighted by molar-refractivity contribution is 5.93. The standard InChI is InChI=1S/C46H52N4O5/c1-50(30-33-12-4-2-5-13-33)31-40-28-43(36-24-22-34(32-51)23-25-36)55-46(54-40)39-17-11-16-38(27-39)37-15-10-14-35(26-37)29-48-44(52)20-6-3-7-21-45(53)49-42-19-9-8-18-41(42)47/h2,4-5,8-19,22-27,40,43,46,51H,3,6-7,20-21,28-32,47H2,1H3,(H,48,52)(H,49,53). The van der Waals surface area contributed by atoms with E-state index in [9.17, 15) is 14.7 Å². The number of hydrogen-bond donors (Lipinski definition) is 4. The normalized spacial score (nSPS) is 16.8. The number of unbranched alkanes of at least 4 members (excludes halogenated alkanes) is 2. The van der Waals surface area contributed by atoms with Crippen molar-refractivity contribution in [1.29, 1.82) is 0 Å². The van der Waals surface area contributed by atoms with E-state index in [0.717, 1.165) is 52.9 Å². The number of nitrogens with two attached hydrogens (primary N) is 1. The molecule has 9 nitrogen and oxygen atoms in total. The molecule has 0 aliphatic carbocycles. The number of nitrogen functional groups attached to an aromatic ring is 1. The third-order valence-electron chi connectivity index (χ3n) is 9.88. The summed E-state index contributed by atoms with van der Waals surface area (Å²) in [6.45, 7) is 1.99. The van der Waals surface area contributed by atoms with Gasteiger partial charge in [-0.1, -0.05) is 110 Å². The van der Waals surface area contributed by atoms with Gasteiger partial charge in [0, 0.05) is 44.5 Å². The predicted octanol–water partition coefficient (Wildman–Crippen LogP) is 8.31. The van der Waals surface area contributed by atoms with E-state index < -0.39 is 6.29 Å². The van der Waals surface area contributed by atoms with Crippen molar-refractivity contribution in [3.63, 3.8) is 0 Å². The number of carbonyl (C=O) groups excluding carboxylic acids is 2. The third-order valence-corrected chi connectivity index (χ3v) is 9.88. The number of anilines is 2. The SMILES string of the molecule is CN(Cc1ccccc1)CC1CC(c2ccc(CO)cc2)OC(c2cccc(-c3cccc(CNC(=O)CCCCCC(=O)Nc4ccccc4N)c3)c2)O1. The minimum atomic E-state index is -0.564.